The van der Waals surface area contributed by atoms with Crippen LogP contribution in [0.1, 0.15) is 5.56 Å². The van der Waals surface area contributed by atoms with Gasteiger partial charge in [0.25, 0.3) is 0 Å². The van der Waals surface area contributed by atoms with Gasteiger partial charge in [0.05, 0.1) is 11.6 Å². The third-order valence-corrected chi connectivity index (χ3v) is 12.4. The molecule has 0 N–H and O–H groups in total. The monoisotopic (exact) mass is 786 g/mol. The molecule has 1 aliphatic carbocycles. The van der Waals surface area contributed by atoms with Crippen molar-refractivity contribution < 1.29 is 0 Å². The second kappa shape index (κ2) is 14.3. The van der Waals surface area contributed by atoms with E-state index in [4.69, 9.17) is 15.0 Å². The summed E-state index contributed by atoms with van der Waals surface area (Å²) in [4.78, 5) is 15.6. The Morgan fingerprint density at radius 3 is 1.61 bits per heavy atom. The predicted molar refractivity (Wildman–Crippen MR) is 254 cm³/mol. The van der Waals surface area contributed by atoms with E-state index in [1.807, 2.05) is 60.7 Å². The molecule has 1 aliphatic rings. The van der Waals surface area contributed by atoms with E-state index in [0.717, 1.165) is 49.9 Å². The van der Waals surface area contributed by atoms with Crippen LogP contribution in [-0.2, 0) is 0 Å². The largest absolute Gasteiger partial charge is 0.208 e. The van der Waals surface area contributed by atoms with Crippen LogP contribution in [0.2, 0.25) is 0 Å². The average molecular weight is 787 g/mol. The van der Waals surface area contributed by atoms with Gasteiger partial charge in [-0.15, -0.1) is 0 Å². The number of rotatable bonds is 6. The molecule has 10 aromatic carbocycles. The van der Waals surface area contributed by atoms with Gasteiger partial charge in [0.15, 0.2) is 17.5 Å². The van der Waals surface area contributed by atoms with Crippen LogP contribution in [0, 0.1) is 11.3 Å². The van der Waals surface area contributed by atoms with Crippen LogP contribution in [0.25, 0.3) is 122 Å². The summed E-state index contributed by atoms with van der Waals surface area (Å²) in [6.07, 6.45) is 0. The van der Waals surface area contributed by atoms with Gasteiger partial charge >= 0.3 is 0 Å². The van der Waals surface area contributed by atoms with E-state index in [9.17, 15) is 5.26 Å². The van der Waals surface area contributed by atoms with E-state index in [0.29, 0.717) is 23.0 Å². The SMILES string of the molecule is N#Cc1ccc(-c2ccc(-c3cccc4c3ccc3ccccc34)cc2)cc1-c1ccccc1-c1nc(-c2ccccc2)nc(-c2ccc3c4c(cccc24)-c2ccccc2-3)n1. The van der Waals surface area contributed by atoms with Crippen molar-refractivity contribution >= 4 is 32.3 Å². The van der Waals surface area contributed by atoms with E-state index in [-0.39, 0.29) is 0 Å². The topological polar surface area (TPSA) is 62.5 Å². The summed E-state index contributed by atoms with van der Waals surface area (Å²) >= 11 is 0. The molecule has 1 heterocycles. The molecule has 4 heteroatoms. The van der Waals surface area contributed by atoms with Crippen molar-refractivity contribution in [3.05, 3.63) is 212 Å². The fraction of sp³-hybridized carbons (Fsp3) is 0. The fourth-order valence-electron chi connectivity index (χ4n) is 9.43. The van der Waals surface area contributed by atoms with Crippen molar-refractivity contribution in [2.75, 3.05) is 0 Å². The van der Waals surface area contributed by atoms with Gasteiger partial charge in [-0.05, 0) is 101 Å². The summed E-state index contributed by atoms with van der Waals surface area (Å²) in [6.45, 7) is 0. The van der Waals surface area contributed by atoms with Gasteiger partial charge in [0.1, 0.15) is 0 Å². The van der Waals surface area contributed by atoms with Crippen molar-refractivity contribution in [3.63, 3.8) is 0 Å². The third kappa shape index (κ3) is 5.72. The predicted octanol–water partition coefficient (Wildman–Crippen LogP) is 14.9. The van der Waals surface area contributed by atoms with Gasteiger partial charge in [-0.1, -0.05) is 188 Å². The highest BCUT2D eigenvalue weighted by atomic mass is 15.0. The van der Waals surface area contributed by atoms with Crippen LogP contribution in [0.4, 0.5) is 0 Å². The van der Waals surface area contributed by atoms with Gasteiger partial charge in [0, 0.05) is 22.3 Å². The van der Waals surface area contributed by atoms with Crippen molar-refractivity contribution in [2.45, 2.75) is 0 Å². The van der Waals surface area contributed by atoms with Crippen molar-refractivity contribution in [2.24, 2.45) is 0 Å². The molecule has 0 aliphatic heterocycles. The minimum absolute atomic E-state index is 0.539. The minimum atomic E-state index is 0.539. The highest BCUT2D eigenvalue weighted by molar-refractivity contribution is 6.18. The lowest BCUT2D eigenvalue weighted by Gasteiger charge is -2.15. The summed E-state index contributed by atoms with van der Waals surface area (Å²) in [5, 5.41) is 17.8. The first-order chi connectivity index (χ1) is 30.7. The van der Waals surface area contributed by atoms with E-state index >= 15 is 0 Å². The van der Waals surface area contributed by atoms with Gasteiger partial charge in [-0.3, -0.25) is 0 Å². The molecule has 0 saturated heterocycles. The molecule has 1 aromatic heterocycles. The van der Waals surface area contributed by atoms with E-state index in [1.54, 1.807) is 0 Å². The minimum Gasteiger partial charge on any atom is -0.208 e. The van der Waals surface area contributed by atoms with Crippen LogP contribution in [-0.4, -0.2) is 15.0 Å². The second-order valence-electron chi connectivity index (χ2n) is 15.8. The molecule has 0 radical (unpaired) electrons. The molecule has 0 fully saturated rings. The summed E-state index contributed by atoms with van der Waals surface area (Å²) in [5.41, 5.74) is 14.3. The molecule has 0 spiro atoms. The molecule has 0 unspecified atom stereocenters. The second-order valence-corrected chi connectivity index (χ2v) is 15.8. The molecule has 0 saturated carbocycles. The Morgan fingerprint density at radius 2 is 0.839 bits per heavy atom. The van der Waals surface area contributed by atoms with Crippen LogP contribution in [0.3, 0.4) is 0 Å². The maximum atomic E-state index is 10.5. The number of benzene rings is 10. The molecular formula is C58H34N4. The molecular weight excluding hydrogens is 753 g/mol. The molecule has 12 rings (SSSR count). The van der Waals surface area contributed by atoms with Gasteiger partial charge < -0.3 is 0 Å². The Bertz CT molecular complexity index is 3610. The van der Waals surface area contributed by atoms with Gasteiger partial charge in [-0.25, -0.2) is 15.0 Å². The van der Waals surface area contributed by atoms with Crippen molar-refractivity contribution in [1.82, 2.24) is 15.0 Å². The molecule has 0 bridgehead atoms. The Balaban J connectivity index is 0.975. The zero-order valence-electron chi connectivity index (χ0n) is 33.4. The van der Waals surface area contributed by atoms with Gasteiger partial charge in [-0.2, -0.15) is 5.26 Å². The van der Waals surface area contributed by atoms with Crippen molar-refractivity contribution in [1.29, 1.82) is 5.26 Å². The maximum Gasteiger partial charge on any atom is 0.164 e. The average Bonchev–Trinajstić information content (AvgIpc) is 3.68. The Hall–Kier alpha value is -8.52. The zero-order valence-corrected chi connectivity index (χ0v) is 33.4. The summed E-state index contributed by atoms with van der Waals surface area (Å²) in [7, 11) is 0. The number of aromatic nitrogens is 3. The highest BCUT2D eigenvalue weighted by Crippen LogP contribution is 2.49. The number of fused-ring (bicyclic) bond motifs is 6. The summed E-state index contributed by atoms with van der Waals surface area (Å²) < 4.78 is 0. The molecule has 62 heavy (non-hydrogen) atoms. The Morgan fingerprint density at radius 1 is 0.290 bits per heavy atom. The van der Waals surface area contributed by atoms with Crippen LogP contribution < -0.4 is 0 Å². The summed E-state index contributed by atoms with van der Waals surface area (Å²) in [5.74, 6) is 1.72. The van der Waals surface area contributed by atoms with Gasteiger partial charge in [0.2, 0.25) is 0 Å². The molecule has 11 aromatic rings. The van der Waals surface area contributed by atoms with Crippen LogP contribution in [0.15, 0.2) is 206 Å². The lowest BCUT2D eigenvalue weighted by atomic mass is 9.91. The first-order valence-electron chi connectivity index (χ1n) is 20.8. The molecule has 0 amide bonds. The van der Waals surface area contributed by atoms with E-state index < -0.39 is 0 Å². The number of nitrogens with zero attached hydrogens (tertiary/aromatic N) is 4. The molecule has 286 valence electrons. The molecule has 4 nitrogen and oxygen atoms in total. The van der Waals surface area contributed by atoms with Crippen molar-refractivity contribution in [3.8, 4) is 95.9 Å². The third-order valence-electron chi connectivity index (χ3n) is 12.4. The zero-order chi connectivity index (χ0) is 41.1. The maximum absolute atomic E-state index is 10.5. The van der Waals surface area contributed by atoms with E-state index in [1.165, 1.54) is 54.7 Å². The standard InChI is InChI=1S/C58H34N4/c59-35-41-29-28-40(36-24-26-38(27-25-36)43-20-10-21-44-42-15-5-4-12-37(42)30-31-48(43)44)34-54(41)47-18-8-9-19-52(47)57-60-56(39-13-2-1-3-14-39)61-58(62-57)53-33-32-51-46-17-7-6-16-45(46)49-22-11-23-50(53)55(49)51/h1-34H. The van der Waals surface area contributed by atoms with Crippen LogP contribution >= 0.6 is 0 Å². The fourth-order valence-corrected chi connectivity index (χ4v) is 9.43. The Kier molecular flexibility index (Phi) is 8.19. The Labute approximate surface area is 358 Å². The molecule has 0 atom stereocenters. The quantitative estimate of drug-likeness (QED) is 0.158. The first-order valence-corrected chi connectivity index (χ1v) is 20.8. The first kappa shape index (κ1) is 35.4. The lowest BCUT2D eigenvalue weighted by molar-refractivity contribution is 1.08. The van der Waals surface area contributed by atoms with Crippen LogP contribution in [0.5, 0.6) is 0 Å². The summed E-state index contributed by atoms with van der Waals surface area (Å²) in [6, 6.07) is 74.5. The number of hydrogen-bond acceptors (Lipinski definition) is 4. The highest BCUT2D eigenvalue weighted by Gasteiger charge is 2.24. The number of hydrogen-bond donors (Lipinski definition) is 0. The smallest absolute Gasteiger partial charge is 0.164 e. The lowest BCUT2D eigenvalue weighted by Crippen LogP contribution is -2.02. The normalized spacial score (nSPS) is 11.5. The number of nitriles is 1. The van der Waals surface area contributed by atoms with E-state index in [2.05, 4.69) is 152 Å².